The maximum absolute atomic E-state index is 11.4. The topological polar surface area (TPSA) is 132 Å². The normalized spacial score (nSPS) is 9.41. The Morgan fingerprint density at radius 2 is 1.82 bits per heavy atom. The third-order valence-corrected chi connectivity index (χ3v) is 1.80. The molecule has 0 aliphatic heterocycles. The van der Waals surface area contributed by atoms with Crippen LogP contribution in [0.4, 0.5) is 5.69 Å². The number of carbonyl (C=O) groups is 3. The van der Waals surface area contributed by atoms with Crippen LogP contribution in [0.25, 0.3) is 0 Å². The Labute approximate surface area is 94.6 Å². The third-order valence-electron chi connectivity index (χ3n) is 1.80. The van der Waals surface area contributed by atoms with E-state index in [4.69, 9.17) is 0 Å². The van der Waals surface area contributed by atoms with Crippen molar-refractivity contribution in [2.45, 2.75) is 0 Å². The first-order valence-electron chi connectivity index (χ1n) is 4.32. The highest BCUT2D eigenvalue weighted by Gasteiger charge is 2.22. The number of nitro groups is 1. The van der Waals surface area contributed by atoms with Gasteiger partial charge >= 0.3 is 11.8 Å². The summed E-state index contributed by atoms with van der Waals surface area (Å²) in [6.45, 7) is 0. The predicted octanol–water partition coefficient (Wildman–Crippen LogP) is -0.663. The standard InChI is InChI=1S/C9H7N3O5/c10-7(13)9(15)11-8(14)5-3-1-2-4-6(5)12(16)17/h1-4H,(H2,10,13)(H,11,14,15). The number of nitrogens with one attached hydrogen (secondary N) is 1. The number of hydrogen-bond donors (Lipinski definition) is 2. The van der Waals surface area contributed by atoms with E-state index < -0.39 is 28.3 Å². The molecule has 0 saturated heterocycles. The second kappa shape index (κ2) is 4.84. The summed E-state index contributed by atoms with van der Waals surface area (Å²) in [4.78, 5) is 42.5. The summed E-state index contributed by atoms with van der Waals surface area (Å²) in [6.07, 6.45) is 0. The van der Waals surface area contributed by atoms with Gasteiger partial charge in [0.1, 0.15) is 5.56 Å². The van der Waals surface area contributed by atoms with E-state index in [1.807, 2.05) is 0 Å². The summed E-state index contributed by atoms with van der Waals surface area (Å²) in [7, 11) is 0. The summed E-state index contributed by atoms with van der Waals surface area (Å²) in [6, 6.07) is 5.01. The number of para-hydroxylation sites is 1. The zero-order chi connectivity index (χ0) is 13.0. The van der Waals surface area contributed by atoms with Crippen molar-refractivity contribution in [3.63, 3.8) is 0 Å². The quantitative estimate of drug-likeness (QED) is 0.400. The van der Waals surface area contributed by atoms with Crippen LogP contribution in [-0.4, -0.2) is 22.6 Å². The molecule has 0 fully saturated rings. The van der Waals surface area contributed by atoms with Gasteiger partial charge in [-0.05, 0) is 6.07 Å². The molecule has 1 rings (SSSR count). The molecule has 1 aromatic carbocycles. The second-order valence-corrected chi connectivity index (χ2v) is 2.92. The van der Waals surface area contributed by atoms with Crippen LogP contribution in [-0.2, 0) is 9.59 Å². The molecule has 0 saturated carbocycles. The molecule has 17 heavy (non-hydrogen) atoms. The maximum Gasteiger partial charge on any atom is 0.315 e. The molecule has 0 spiro atoms. The monoisotopic (exact) mass is 237 g/mol. The van der Waals surface area contributed by atoms with Gasteiger partial charge in [0.25, 0.3) is 11.6 Å². The van der Waals surface area contributed by atoms with Crippen molar-refractivity contribution < 1.29 is 19.3 Å². The fourth-order valence-corrected chi connectivity index (χ4v) is 1.06. The van der Waals surface area contributed by atoms with Crippen molar-refractivity contribution >= 4 is 23.4 Å². The first kappa shape index (κ1) is 12.3. The molecule has 0 heterocycles. The molecule has 0 aliphatic carbocycles. The van der Waals surface area contributed by atoms with Crippen LogP contribution in [0.3, 0.4) is 0 Å². The number of imide groups is 1. The van der Waals surface area contributed by atoms with E-state index in [2.05, 4.69) is 5.73 Å². The minimum atomic E-state index is -1.35. The number of nitrogens with zero attached hydrogens (tertiary/aromatic N) is 1. The molecule has 8 nitrogen and oxygen atoms in total. The first-order valence-corrected chi connectivity index (χ1v) is 4.32. The smallest absolute Gasteiger partial charge is 0.315 e. The van der Waals surface area contributed by atoms with Crippen molar-refractivity contribution in [2.24, 2.45) is 5.73 Å². The summed E-state index contributed by atoms with van der Waals surface area (Å²) >= 11 is 0. The maximum atomic E-state index is 11.4. The number of hydrogen-bond acceptors (Lipinski definition) is 5. The highest BCUT2D eigenvalue weighted by atomic mass is 16.6. The Morgan fingerprint density at radius 3 is 2.35 bits per heavy atom. The van der Waals surface area contributed by atoms with E-state index in [9.17, 15) is 24.5 Å². The minimum absolute atomic E-state index is 0.327. The van der Waals surface area contributed by atoms with E-state index in [0.29, 0.717) is 0 Å². The lowest BCUT2D eigenvalue weighted by atomic mass is 10.1. The van der Waals surface area contributed by atoms with Crippen LogP contribution in [0.2, 0.25) is 0 Å². The van der Waals surface area contributed by atoms with E-state index in [0.717, 1.165) is 12.1 Å². The molecule has 0 aliphatic rings. The number of carbonyl (C=O) groups excluding carboxylic acids is 3. The van der Waals surface area contributed by atoms with Crippen molar-refractivity contribution in [3.05, 3.63) is 39.9 Å². The lowest BCUT2D eigenvalue weighted by molar-refractivity contribution is -0.385. The van der Waals surface area contributed by atoms with Gasteiger partial charge in [-0.3, -0.25) is 29.8 Å². The van der Waals surface area contributed by atoms with E-state index in [1.54, 1.807) is 5.32 Å². The predicted molar refractivity (Wildman–Crippen MR) is 54.8 cm³/mol. The molecule has 0 unspecified atom stereocenters. The molecular formula is C9H7N3O5. The molecule has 0 bridgehead atoms. The molecule has 3 N–H and O–H groups in total. The number of primary amides is 1. The largest absolute Gasteiger partial charge is 0.361 e. The number of nitrogens with two attached hydrogens (primary N) is 1. The minimum Gasteiger partial charge on any atom is -0.361 e. The Kier molecular flexibility index (Phi) is 3.50. The van der Waals surface area contributed by atoms with Gasteiger partial charge in [0, 0.05) is 6.07 Å². The molecule has 0 radical (unpaired) electrons. The highest BCUT2D eigenvalue weighted by molar-refractivity contribution is 6.38. The lowest BCUT2D eigenvalue weighted by Gasteiger charge is -2.02. The number of benzene rings is 1. The van der Waals surface area contributed by atoms with E-state index >= 15 is 0 Å². The molecular weight excluding hydrogens is 230 g/mol. The molecule has 8 heteroatoms. The Morgan fingerprint density at radius 1 is 1.24 bits per heavy atom. The lowest BCUT2D eigenvalue weighted by Crippen LogP contribution is -2.39. The van der Waals surface area contributed by atoms with Crippen LogP contribution >= 0.6 is 0 Å². The van der Waals surface area contributed by atoms with E-state index in [-0.39, 0.29) is 5.56 Å². The number of nitro benzene ring substituents is 1. The Balaban J connectivity index is 3.01. The van der Waals surface area contributed by atoms with E-state index in [1.165, 1.54) is 12.1 Å². The SMILES string of the molecule is NC(=O)C(=O)NC(=O)c1ccccc1[N+](=O)[O-]. The molecule has 3 amide bonds. The van der Waals surface area contributed by atoms with Crippen LogP contribution in [0.1, 0.15) is 10.4 Å². The van der Waals surface area contributed by atoms with Crippen LogP contribution in [0.15, 0.2) is 24.3 Å². The fourth-order valence-electron chi connectivity index (χ4n) is 1.06. The fraction of sp³-hybridized carbons (Fsp3) is 0. The number of rotatable bonds is 2. The van der Waals surface area contributed by atoms with Crippen molar-refractivity contribution in [1.82, 2.24) is 5.32 Å². The van der Waals surface area contributed by atoms with Crippen LogP contribution in [0.5, 0.6) is 0 Å². The van der Waals surface area contributed by atoms with Gasteiger partial charge in [0.05, 0.1) is 4.92 Å². The van der Waals surface area contributed by atoms with Crippen LogP contribution < -0.4 is 11.1 Å². The molecule has 0 aromatic heterocycles. The summed E-state index contributed by atoms with van der Waals surface area (Å²) in [5.74, 6) is -3.73. The van der Waals surface area contributed by atoms with Gasteiger partial charge in [0.15, 0.2) is 0 Å². The van der Waals surface area contributed by atoms with Gasteiger partial charge in [-0.25, -0.2) is 0 Å². The van der Waals surface area contributed by atoms with Crippen molar-refractivity contribution in [2.75, 3.05) is 0 Å². The van der Waals surface area contributed by atoms with Crippen molar-refractivity contribution in [1.29, 1.82) is 0 Å². The van der Waals surface area contributed by atoms with Gasteiger partial charge in [0.2, 0.25) is 0 Å². The Bertz CT molecular complexity index is 511. The average molecular weight is 237 g/mol. The zero-order valence-electron chi connectivity index (χ0n) is 8.38. The molecule has 1 aromatic rings. The zero-order valence-corrected chi connectivity index (χ0v) is 8.38. The average Bonchev–Trinajstić information content (AvgIpc) is 2.28. The molecule has 88 valence electrons. The van der Waals surface area contributed by atoms with Crippen molar-refractivity contribution in [3.8, 4) is 0 Å². The summed E-state index contributed by atoms with van der Waals surface area (Å²) < 4.78 is 0. The molecule has 0 atom stereocenters. The van der Waals surface area contributed by atoms with Crippen LogP contribution in [0, 0.1) is 10.1 Å². The first-order chi connectivity index (χ1) is 7.93. The Hall–Kier alpha value is -2.77. The summed E-state index contributed by atoms with van der Waals surface area (Å²) in [5, 5.41) is 12.2. The number of amides is 3. The summed E-state index contributed by atoms with van der Waals surface area (Å²) in [5.41, 5.74) is 3.83. The highest BCUT2D eigenvalue weighted by Crippen LogP contribution is 2.16. The third kappa shape index (κ3) is 2.84. The van der Waals surface area contributed by atoms with Gasteiger partial charge < -0.3 is 5.73 Å². The van der Waals surface area contributed by atoms with Gasteiger partial charge in [-0.15, -0.1) is 0 Å². The van der Waals surface area contributed by atoms with Gasteiger partial charge in [-0.2, -0.15) is 0 Å². The van der Waals surface area contributed by atoms with Gasteiger partial charge in [-0.1, -0.05) is 12.1 Å². The second-order valence-electron chi connectivity index (χ2n) is 2.92.